The first-order chi connectivity index (χ1) is 9.46. The van der Waals surface area contributed by atoms with Crippen LogP contribution < -0.4 is 5.32 Å². The average molecular weight is 272 g/mol. The van der Waals surface area contributed by atoms with Gasteiger partial charge in [-0.05, 0) is 32.8 Å². The minimum Gasteiger partial charge on any atom is -0.462 e. The van der Waals surface area contributed by atoms with Crippen molar-refractivity contribution in [1.82, 2.24) is 5.32 Å². The molecule has 0 unspecified atom stereocenters. The van der Waals surface area contributed by atoms with Gasteiger partial charge in [-0.1, -0.05) is 30.3 Å². The molecule has 1 N–H and O–H groups in total. The van der Waals surface area contributed by atoms with E-state index in [4.69, 9.17) is 4.74 Å². The highest BCUT2D eigenvalue weighted by Gasteiger charge is 2.48. The summed E-state index contributed by atoms with van der Waals surface area (Å²) in [6.45, 7) is 5.46. The molecule has 2 rings (SSSR count). The molecule has 1 saturated heterocycles. The fourth-order valence-electron chi connectivity index (χ4n) is 2.64. The molecule has 3 atom stereocenters. The number of nitrogens with one attached hydrogen (secondary N) is 1. The zero-order valence-electron chi connectivity index (χ0n) is 12.1. The number of nitrogens with zero attached hydrogens (tertiary/aromatic N) is 1. The number of ether oxygens (including phenoxy) is 1. The Morgan fingerprint density at radius 2 is 2.10 bits per heavy atom. The molecule has 106 valence electrons. The average Bonchev–Trinajstić information content (AvgIpc) is 2.78. The lowest BCUT2D eigenvalue weighted by atomic mass is 9.91. The van der Waals surface area contributed by atoms with Crippen molar-refractivity contribution < 1.29 is 9.53 Å². The third kappa shape index (κ3) is 2.83. The van der Waals surface area contributed by atoms with E-state index >= 15 is 0 Å². The van der Waals surface area contributed by atoms with E-state index in [2.05, 4.69) is 11.4 Å². The van der Waals surface area contributed by atoms with Gasteiger partial charge in [0.2, 0.25) is 0 Å². The SMILES string of the molecule is CC(C)OC(=O)[C@]1(C)C[C@H](C#N)[C@H](c2ccccc2)N1. The predicted octanol–water partition coefficient (Wildman–Crippen LogP) is 2.57. The molecule has 1 aliphatic rings. The minimum atomic E-state index is -0.800. The molecule has 0 aromatic heterocycles. The summed E-state index contributed by atoms with van der Waals surface area (Å²) in [5.74, 6) is -0.520. The molecular formula is C16H20N2O2. The Bertz CT molecular complexity index is 521. The maximum Gasteiger partial charge on any atom is 0.326 e. The molecule has 0 saturated carbocycles. The van der Waals surface area contributed by atoms with Crippen molar-refractivity contribution in [3.05, 3.63) is 35.9 Å². The van der Waals surface area contributed by atoms with Crippen LogP contribution in [0.1, 0.15) is 38.8 Å². The number of esters is 1. The van der Waals surface area contributed by atoms with Gasteiger partial charge in [0, 0.05) is 6.04 Å². The maximum absolute atomic E-state index is 12.2. The summed E-state index contributed by atoms with van der Waals surface area (Å²) in [4.78, 5) is 12.2. The molecule has 1 fully saturated rings. The number of carbonyl (C=O) groups excluding carboxylic acids is 1. The summed E-state index contributed by atoms with van der Waals surface area (Å²) >= 11 is 0. The van der Waals surface area contributed by atoms with Crippen molar-refractivity contribution in [1.29, 1.82) is 5.26 Å². The van der Waals surface area contributed by atoms with Crippen LogP contribution in [0.3, 0.4) is 0 Å². The van der Waals surface area contributed by atoms with Gasteiger partial charge in [-0.2, -0.15) is 5.26 Å². The van der Waals surface area contributed by atoms with Crippen LogP contribution in [-0.2, 0) is 9.53 Å². The van der Waals surface area contributed by atoms with Gasteiger partial charge in [-0.3, -0.25) is 10.1 Å². The van der Waals surface area contributed by atoms with Crippen LogP contribution in [0, 0.1) is 17.2 Å². The molecule has 0 radical (unpaired) electrons. The number of benzene rings is 1. The lowest BCUT2D eigenvalue weighted by Crippen LogP contribution is -2.47. The van der Waals surface area contributed by atoms with Crippen LogP contribution in [0.25, 0.3) is 0 Å². The first kappa shape index (κ1) is 14.5. The lowest BCUT2D eigenvalue weighted by Gasteiger charge is -2.25. The van der Waals surface area contributed by atoms with Gasteiger partial charge in [0.25, 0.3) is 0 Å². The molecule has 4 heteroatoms. The van der Waals surface area contributed by atoms with E-state index in [1.165, 1.54) is 0 Å². The van der Waals surface area contributed by atoms with E-state index in [0.717, 1.165) is 5.56 Å². The molecule has 0 bridgehead atoms. The van der Waals surface area contributed by atoms with Gasteiger partial charge in [-0.25, -0.2) is 0 Å². The third-order valence-corrected chi connectivity index (χ3v) is 3.62. The van der Waals surface area contributed by atoms with E-state index in [1.54, 1.807) is 0 Å². The second-order valence-corrected chi connectivity index (χ2v) is 5.76. The fourth-order valence-corrected chi connectivity index (χ4v) is 2.64. The van der Waals surface area contributed by atoms with Crippen molar-refractivity contribution in [3.63, 3.8) is 0 Å². The molecule has 0 spiro atoms. The standard InChI is InChI=1S/C16H20N2O2/c1-11(2)20-15(19)16(3)9-13(10-17)14(18-16)12-7-5-4-6-8-12/h4-8,11,13-14,18H,9H2,1-3H3/t13-,14+,16+/m1/s1. The van der Waals surface area contributed by atoms with Gasteiger partial charge >= 0.3 is 5.97 Å². The molecule has 1 aromatic rings. The van der Waals surface area contributed by atoms with Crippen LogP contribution >= 0.6 is 0 Å². The van der Waals surface area contributed by atoms with Crippen LogP contribution in [-0.4, -0.2) is 17.6 Å². The molecule has 1 heterocycles. The van der Waals surface area contributed by atoms with Crippen molar-refractivity contribution in [2.24, 2.45) is 5.92 Å². The topological polar surface area (TPSA) is 62.1 Å². The fraction of sp³-hybridized carbons (Fsp3) is 0.500. The van der Waals surface area contributed by atoms with Gasteiger partial charge < -0.3 is 4.74 Å². The van der Waals surface area contributed by atoms with Crippen LogP contribution in [0.15, 0.2) is 30.3 Å². The zero-order chi connectivity index (χ0) is 14.8. The Kier molecular flexibility index (Phi) is 4.10. The summed E-state index contributed by atoms with van der Waals surface area (Å²) in [6, 6.07) is 11.9. The Morgan fingerprint density at radius 3 is 2.65 bits per heavy atom. The first-order valence-corrected chi connectivity index (χ1v) is 6.89. The van der Waals surface area contributed by atoms with Crippen molar-refractivity contribution in [2.75, 3.05) is 0 Å². The number of nitriles is 1. The smallest absolute Gasteiger partial charge is 0.326 e. The van der Waals surface area contributed by atoms with Gasteiger partial charge in [0.1, 0.15) is 5.54 Å². The van der Waals surface area contributed by atoms with Crippen molar-refractivity contribution >= 4 is 5.97 Å². The van der Waals surface area contributed by atoms with Gasteiger partial charge in [0.15, 0.2) is 0 Å². The van der Waals surface area contributed by atoms with E-state index in [-0.39, 0.29) is 24.0 Å². The minimum absolute atomic E-state index is 0.133. The zero-order valence-corrected chi connectivity index (χ0v) is 12.1. The number of rotatable bonds is 3. The number of hydrogen-bond donors (Lipinski definition) is 1. The van der Waals surface area contributed by atoms with Gasteiger partial charge in [-0.15, -0.1) is 0 Å². The summed E-state index contributed by atoms with van der Waals surface area (Å²) in [5.41, 5.74) is 0.227. The monoisotopic (exact) mass is 272 g/mol. The Balaban J connectivity index is 2.22. The van der Waals surface area contributed by atoms with Crippen molar-refractivity contribution in [3.8, 4) is 6.07 Å². The van der Waals surface area contributed by atoms with Gasteiger partial charge in [0.05, 0.1) is 18.1 Å². The Morgan fingerprint density at radius 1 is 1.45 bits per heavy atom. The van der Waals surface area contributed by atoms with Crippen LogP contribution in [0.2, 0.25) is 0 Å². The second-order valence-electron chi connectivity index (χ2n) is 5.76. The van der Waals surface area contributed by atoms with Crippen LogP contribution in [0.5, 0.6) is 0 Å². The highest BCUT2D eigenvalue weighted by Crippen LogP contribution is 2.38. The second kappa shape index (κ2) is 5.64. The molecule has 0 amide bonds. The van der Waals surface area contributed by atoms with E-state index in [0.29, 0.717) is 6.42 Å². The quantitative estimate of drug-likeness (QED) is 0.859. The number of carbonyl (C=O) groups is 1. The maximum atomic E-state index is 12.2. The first-order valence-electron chi connectivity index (χ1n) is 6.89. The Hall–Kier alpha value is -1.86. The van der Waals surface area contributed by atoms with E-state index in [9.17, 15) is 10.1 Å². The normalized spacial score (nSPS) is 29.1. The highest BCUT2D eigenvalue weighted by molar-refractivity contribution is 5.81. The largest absolute Gasteiger partial charge is 0.462 e. The van der Waals surface area contributed by atoms with E-state index in [1.807, 2.05) is 51.1 Å². The van der Waals surface area contributed by atoms with Crippen molar-refractivity contribution in [2.45, 2.75) is 44.9 Å². The summed E-state index contributed by atoms with van der Waals surface area (Å²) < 4.78 is 5.30. The van der Waals surface area contributed by atoms with E-state index < -0.39 is 5.54 Å². The molecule has 4 nitrogen and oxygen atoms in total. The highest BCUT2D eigenvalue weighted by atomic mass is 16.5. The molecular weight excluding hydrogens is 252 g/mol. The summed E-state index contributed by atoms with van der Waals surface area (Å²) in [6.07, 6.45) is 0.312. The predicted molar refractivity (Wildman–Crippen MR) is 75.7 cm³/mol. The Labute approximate surface area is 119 Å². The summed E-state index contributed by atoms with van der Waals surface area (Å²) in [7, 11) is 0. The van der Waals surface area contributed by atoms with Crippen LogP contribution in [0.4, 0.5) is 0 Å². The summed E-state index contributed by atoms with van der Waals surface area (Å²) in [5, 5.41) is 12.6. The number of hydrogen-bond acceptors (Lipinski definition) is 4. The lowest BCUT2D eigenvalue weighted by molar-refractivity contribution is -0.154. The molecule has 1 aliphatic heterocycles. The molecule has 1 aromatic carbocycles. The third-order valence-electron chi connectivity index (χ3n) is 3.62. The molecule has 20 heavy (non-hydrogen) atoms. The molecule has 0 aliphatic carbocycles.